The van der Waals surface area contributed by atoms with E-state index in [1.165, 1.54) is 17.7 Å². The van der Waals surface area contributed by atoms with E-state index in [9.17, 15) is 22.0 Å². The quantitative estimate of drug-likeness (QED) is 0.284. The second kappa shape index (κ2) is 9.57. The Bertz CT molecular complexity index is 1020. The van der Waals surface area contributed by atoms with E-state index in [1.807, 2.05) is 24.3 Å². The first-order valence-corrected chi connectivity index (χ1v) is 9.38. The van der Waals surface area contributed by atoms with Crippen LogP contribution in [0.25, 0.3) is 22.3 Å². The Labute approximate surface area is 171 Å². The lowest BCUT2D eigenvalue weighted by atomic mass is 9.98. The molecule has 0 saturated heterocycles. The van der Waals surface area contributed by atoms with Gasteiger partial charge < -0.3 is 4.74 Å². The minimum atomic E-state index is -2.81. The molecule has 3 aromatic carbocycles. The van der Waals surface area contributed by atoms with Crippen molar-refractivity contribution in [1.29, 1.82) is 0 Å². The zero-order valence-corrected chi connectivity index (χ0v) is 16.1. The Balaban J connectivity index is 1.87. The Morgan fingerprint density at radius 3 is 1.97 bits per heavy atom. The van der Waals surface area contributed by atoms with Crippen molar-refractivity contribution in [3.05, 3.63) is 90.0 Å². The summed E-state index contributed by atoms with van der Waals surface area (Å²) in [5.41, 5.74) is 2.63. The van der Waals surface area contributed by atoms with E-state index < -0.39 is 29.6 Å². The highest BCUT2D eigenvalue weighted by molar-refractivity contribution is 5.71. The first-order valence-electron chi connectivity index (χ1n) is 9.38. The molecule has 0 unspecified atom stereocenters. The molecule has 0 amide bonds. The molecule has 0 N–H and O–H groups in total. The van der Waals surface area contributed by atoms with Gasteiger partial charge in [0, 0.05) is 11.6 Å². The summed E-state index contributed by atoms with van der Waals surface area (Å²) in [5, 5.41) is 0. The largest absolute Gasteiger partial charge is 0.459 e. The van der Waals surface area contributed by atoms with Crippen LogP contribution in [0.15, 0.2) is 66.9 Å². The Hall–Kier alpha value is -3.15. The molecule has 0 atom stereocenters. The molecule has 0 fully saturated rings. The molecular formula is C24H19F5O. The molecule has 1 nitrogen and oxygen atoms in total. The SMILES string of the molecule is CCCc1ccc(-c2ccc(-c3cc(F)c(O/C=C/C(F)F)c(F)c3)c(F)c2)cc1. The average Bonchev–Trinajstić information content (AvgIpc) is 2.70. The number of alkyl halides is 2. The number of halogens is 5. The number of ether oxygens (including phenoxy) is 1. The van der Waals surface area contributed by atoms with Crippen LogP contribution in [0.4, 0.5) is 22.0 Å². The Kier molecular flexibility index (Phi) is 6.87. The number of aryl methyl sites for hydroxylation is 1. The smallest absolute Gasteiger partial charge is 0.260 e. The molecule has 0 aliphatic carbocycles. The lowest BCUT2D eigenvalue weighted by Crippen LogP contribution is -1.96. The van der Waals surface area contributed by atoms with E-state index in [1.54, 1.807) is 6.07 Å². The zero-order chi connectivity index (χ0) is 21.7. The van der Waals surface area contributed by atoms with E-state index in [0.29, 0.717) is 17.9 Å². The molecule has 30 heavy (non-hydrogen) atoms. The summed E-state index contributed by atoms with van der Waals surface area (Å²) in [4.78, 5) is 0. The molecule has 0 heterocycles. The van der Waals surface area contributed by atoms with Crippen molar-refractivity contribution in [3.63, 3.8) is 0 Å². The van der Waals surface area contributed by atoms with E-state index in [0.717, 1.165) is 30.5 Å². The van der Waals surface area contributed by atoms with Crippen molar-refractivity contribution >= 4 is 0 Å². The van der Waals surface area contributed by atoms with Crippen molar-refractivity contribution in [3.8, 4) is 28.0 Å². The molecule has 156 valence electrons. The fraction of sp³-hybridized carbons (Fsp3) is 0.167. The van der Waals surface area contributed by atoms with Crippen LogP contribution in [0.3, 0.4) is 0 Å². The fourth-order valence-electron chi connectivity index (χ4n) is 3.08. The Morgan fingerprint density at radius 1 is 0.800 bits per heavy atom. The van der Waals surface area contributed by atoms with E-state index in [-0.39, 0.29) is 11.1 Å². The van der Waals surface area contributed by atoms with Crippen molar-refractivity contribution in [2.24, 2.45) is 0 Å². The summed E-state index contributed by atoms with van der Waals surface area (Å²) in [6, 6.07) is 14.0. The van der Waals surface area contributed by atoms with Gasteiger partial charge in [-0.15, -0.1) is 0 Å². The first kappa shape index (κ1) is 21.6. The van der Waals surface area contributed by atoms with Gasteiger partial charge in [-0.25, -0.2) is 22.0 Å². The van der Waals surface area contributed by atoms with Crippen LogP contribution in [0.5, 0.6) is 5.75 Å². The summed E-state index contributed by atoms with van der Waals surface area (Å²) in [6.07, 6.45) is 0.0307. The van der Waals surface area contributed by atoms with E-state index in [4.69, 9.17) is 0 Å². The van der Waals surface area contributed by atoms with Crippen LogP contribution in [0.2, 0.25) is 0 Å². The third-order valence-corrected chi connectivity index (χ3v) is 4.51. The van der Waals surface area contributed by atoms with Crippen LogP contribution in [-0.4, -0.2) is 6.43 Å². The topological polar surface area (TPSA) is 9.23 Å². The monoisotopic (exact) mass is 418 g/mol. The molecule has 0 aliphatic rings. The molecule has 6 heteroatoms. The summed E-state index contributed by atoms with van der Waals surface area (Å²) < 4.78 is 71.8. The number of benzene rings is 3. The highest BCUT2D eigenvalue weighted by atomic mass is 19.3. The number of rotatable bonds is 7. The van der Waals surface area contributed by atoms with Gasteiger partial charge in [0.1, 0.15) is 5.82 Å². The van der Waals surface area contributed by atoms with Crippen molar-refractivity contribution in [1.82, 2.24) is 0 Å². The van der Waals surface area contributed by atoms with Gasteiger partial charge in [-0.2, -0.15) is 0 Å². The van der Waals surface area contributed by atoms with Gasteiger partial charge >= 0.3 is 0 Å². The molecule has 3 aromatic rings. The zero-order valence-electron chi connectivity index (χ0n) is 16.1. The van der Waals surface area contributed by atoms with Gasteiger partial charge in [0.15, 0.2) is 17.4 Å². The lowest BCUT2D eigenvalue weighted by Gasteiger charge is -2.10. The average molecular weight is 418 g/mol. The van der Waals surface area contributed by atoms with Crippen molar-refractivity contribution in [2.45, 2.75) is 26.2 Å². The second-order valence-corrected chi connectivity index (χ2v) is 6.69. The van der Waals surface area contributed by atoms with Crippen LogP contribution in [0.1, 0.15) is 18.9 Å². The molecular weight excluding hydrogens is 399 g/mol. The van der Waals surface area contributed by atoms with Gasteiger partial charge in [0.05, 0.1) is 6.26 Å². The molecule has 0 saturated carbocycles. The molecule has 0 spiro atoms. The maximum absolute atomic E-state index is 14.7. The molecule has 3 rings (SSSR count). The molecule has 0 aromatic heterocycles. The van der Waals surface area contributed by atoms with Gasteiger partial charge in [-0.05, 0) is 46.9 Å². The number of hydrogen-bond acceptors (Lipinski definition) is 1. The number of allylic oxidation sites excluding steroid dienone is 1. The van der Waals surface area contributed by atoms with Crippen molar-refractivity contribution < 1.29 is 26.7 Å². The standard InChI is InChI=1S/C24H19F5O/c1-2-3-15-4-6-16(7-5-15)17-8-9-19(20(25)12-17)18-13-21(26)24(22(27)14-18)30-11-10-23(28)29/h4-14,23H,2-3H2,1H3/b11-10+. The van der Waals surface area contributed by atoms with E-state index >= 15 is 0 Å². The lowest BCUT2D eigenvalue weighted by molar-refractivity contribution is 0.200. The van der Waals surface area contributed by atoms with Crippen molar-refractivity contribution in [2.75, 3.05) is 0 Å². The van der Waals surface area contributed by atoms with Gasteiger partial charge in [-0.1, -0.05) is 49.7 Å². The predicted molar refractivity (Wildman–Crippen MR) is 107 cm³/mol. The third kappa shape index (κ3) is 5.06. The third-order valence-electron chi connectivity index (χ3n) is 4.51. The minimum Gasteiger partial charge on any atom is -0.459 e. The minimum absolute atomic E-state index is 0.00817. The maximum atomic E-state index is 14.7. The van der Waals surface area contributed by atoms with Crippen LogP contribution < -0.4 is 4.74 Å². The van der Waals surface area contributed by atoms with Gasteiger partial charge in [0.25, 0.3) is 6.43 Å². The summed E-state index contributed by atoms with van der Waals surface area (Å²) >= 11 is 0. The first-order chi connectivity index (χ1) is 14.4. The van der Waals surface area contributed by atoms with Crippen LogP contribution in [0, 0.1) is 17.5 Å². The molecule has 0 aliphatic heterocycles. The Morgan fingerprint density at radius 2 is 1.40 bits per heavy atom. The van der Waals surface area contributed by atoms with Crippen LogP contribution >= 0.6 is 0 Å². The predicted octanol–water partition coefficient (Wildman–Crippen LogP) is 7.55. The highest BCUT2D eigenvalue weighted by Gasteiger charge is 2.16. The molecule has 0 bridgehead atoms. The fourth-order valence-corrected chi connectivity index (χ4v) is 3.08. The molecule has 0 radical (unpaired) electrons. The summed E-state index contributed by atoms with van der Waals surface area (Å²) in [7, 11) is 0. The summed E-state index contributed by atoms with van der Waals surface area (Å²) in [5.74, 6) is -3.73. The maximum Gasteiger partial charge on any atom is 0.260 e. The summed E-state index contributed by atoms with van der Waals surface area (Å²) in [6.45, 7) is 2.09. The second-order valence-electron chi connectivity index (χ2n) is 6.69. The highest BCUT2D eigenvalue weighted by Crippen LogP contribution is 2.32. The van der Waals surface area contributed by atoms with Gasteiger partial charge in [-0.3, -0.25) is 0 Å². The van der Waals surface area contributed by atoms with Crippen LogP contribution in [-0.2, 0) is 6.42 Å². The van der Waals surface area contributed by atoms with Gasteiger partial charge in [0.2, 0.25) is 0 Å². The number of hydrogen-bond donors (Lipinski definition) is 0. The normalized spacial score (nSPS) is 11.4. The van der Waals surface area contributed by atoms with E-state index in [2.05, 4.69) is 11.7 Å².